The van der Waals surface area contributed by atoms with E-state index in [-0.39, 0.29) is 0 Å². The average molecular weight is 247 g/mol. The summed E-state index contributed by atoms with van der Waals surface area (Å²) in [5.41, 5.74) is 10.4. The first-order chi connectivity index (χ1) is 8.20. The molecule has 0 fully saturated rings. The second-order valence-corrected chi connectivity index (χ2v) is 4.93. The first kappa shape index (κ1) is 12.1. The molecule has 3 nitrogen and oxygen atoms in total. The van der Waals surface area contributed by atoms with Crippen molar-refractivity contribution < 1.29 is 0 Å². The molecule has 0 unspecified atom stereocenters. The van der Waals surface area contributed by atoms with Gasteiger partial charge in [0.25, 0.3) is 0 Å². The Hall–Kier alpha value is -1.39. The Labute approximate surface area is 106 Å². The van der Waals surface area contributed by atoms with Crippen molar-refractivity contribution in [2.45, 2.75) is 20.0 Å². The van der Waals surface area contributed by atoms with Gasteiger partial charge < -0.3 is 10.6 Å². The number of pyridine rings is 1. The van der Waals surface area contributed by atoms with Gasteiger partial charge in [0.2, 0.25) is 0 Å². The van der Waals surface area contributed by atoms with Gasteiger partial charge in [0.15, 0.2) is 0 Å². The second-order valence-electron chi connectivity index (χ2n) is 4.15. The topological polar surface area (TPSA) is 42.1 Å². The summed E-state index contributed by atoms with van der Waals surface area (Å²) < 4.78 is 0. The van der Waals surface area contributed by atoms with Gasteiger partial charge in [-0.1, -0.05) is 0 Å². The molecule has 0 saturated carbocycles. The Bertz CT molecular complexity index is 479. The quantitative estimate of drug-likeness (QED) is 0.903. The molecule has 2 rings (SSSR count). The molecule has 17 heavy (non-hydrogen) atoms. The van der Waals surface area contributed by atoms with Crippen LogP contribution in [0.1, 0.15) is 16.8 Å². The molecule has 0 amide bonds. The smallest absolute Gasteiger partial charge is 0.0445 e. The Balaban J connectivity index is 2.23. The maximum Gasteiger partial charge on any atom is 0.0445 e. The van der Waals surface area contributed by atoms with E-state index < -0.39 is 0 Å². The number of hydrogen-bond donors (Lipinski definition) is 1. The number of rotatable bonds is 4. The van der Waals surface area contributed by atoms with Crippen LogP contribution in [0.3, 0.4) is 0 Å². The fraction of sp³-hybridized carbons (Fsp3) is 0.308. The molecule has 2 heterocycles. The highest BCUT2D eigenvalue weighted by Crippen LogP contribution is 2.21. The largest absolute Gasteiger partial charge is 0.370 e. The number of hydrogen-bond acceptors (Lipinski definition) is 4. The van der Waals surface area contributed by atoms with E-state index in [0.29, 0.717) is 6.54 Å². The molecular weight excluding hydrogens is 230 g/mol. The monoisotopic (exact) mass is 247 g/mol. The number of thiophene rings is 1. The Morgan fingerprint density at radius 2 is 2.29 bits per heavy atom. The third kappa shape index (κ3) is 2.84. The third-order valence-corrected chi connectivity index (χ3v) is 3.46. The molecule has 2 aromatic heterocycles. The van der Waals surface area contributed by atoms with E-state index in [1.165, 1.54) is 11.3 Å². The minimum Gasteiger partial charge on any atom is -0.370 e. The van der Waals surface area contributed by atoms with Crippen molar-refractivity contribution in [3.8, 4) is 0 Å². The van der Waals surface area contributed by atoms with Crippen LogP contribution in [-0.2, 0) is 13.1 Å². The van der Waals surface area contributed by atoms with Crippen LogP contribution in [0.4, 0.5) is 5.69 Å². The lowest BCUT2D eigenvalue weighted by Crippen LogP contribution is -2.19. The molecule has 0 radical (unpaired) electrons. The zero-order valence-corrected chi connectivity index (χ0v) is 11.0. The molecule has 4 heteroatoms. The maximum absolute atomic E-state index is 5.75. The summed E-state index contributed by atoms with van der Waals surface area (Å²) >= 11 is 1.73. The van der Waals surface area contributed by atoms with Gasteiger partial charge >= 0.3 is 0 Å². The molecule has 0 spiro atoms. The molecule has 2 N–H and O–H groups in total. The lowest BCUT2D eigenvalue weighted by molar-refractivity contribution is 0.898. The summed E-state index contributed by atoms with van der Waals surface area (Å²) in [5, 5.41) is 4.28. The second kappa shape index (κ2) is 5.29. The van der Waals surface area contributed by atoms with E-state index in [9.17, 15) is 0 Å². The summed E-state index contributed by atoms with van der Waals surface area (Å²) in [7, 11) is 2.09. The van der Waals surface area contributed by atoms with Crippen molar-refractivity contribution in [2.24, 2.45) is 5.73 Å². The van der Waals surface area contributed by atoms with Crippen molar-refractivity contribution in [3.63, 3.8) is 0 Å². The molecule has 0 saturated heterocycles. The maximum atomic E-state index is 5.75. The van der Waals surface area contributed by atoms with Gasteiger partial charge in [-0.15, -0.1) is 0 Å². The van der Waals surface area contributed by atoms with Crippen LogP contribution in [0.2, 0.25) is 0 Å². The highest BCUT2D eigenvalue weighted by atomic mass is 32.1. The lowest BCUT2D eigenvalue weighted by Gasteiger charge is -2.21. The summed E-state index contributed by atoms with van der Waals surface area (Å²) in [6, 6.07) is 4.24. The molecule has 0 bridgehead atoms. The fourth-order valence-electron chi connectivity index (χ4n) is 1.83. The molecule has 0 aliphatic rings. The van der Waals surface area contributed by atoms with Gasteiger partial charge in [-0.05, 0) is 35.4 Å². The highest BCUT2D eigenvalue weighted by Gasteiger charge is 2.08. The normalized spacial score (nSPS) is 10.5. The molecule has 0 aliphatic carbocycles. The standard InChI is InChI=1S/C13H17N3S/c1-10-5-13(12(6-14)7-15-10)16(2)8-11-3-4-17-9-11/h3-5,7,9H,6,8,14H2,1-2H3. The van der Waals surface area contributed by atoms with Crippen LogP contribution in [-0.4, -0.2) is 12.0 Å². The summed E-state index contributed by atoms with van der Waals surface area (Å²) in [6.07, 6.45) is 1.87. The third-order valence-electron chi connectivity index (χ3n) is 2.73. The minimum atomic E-state index is 0.524. The Morgan fingerprint density at radius 3 is 2.94 bits per heavy atom. The Morgan fingerprint density at radius 1 is 1.47 bits per heavy atom. The van der Waals surface area contributed by atoms with Gasteiger partial charge in [0, 0.05) is 43.3 Å². The van der Waals surface area contributed by atoms with Crippen molar-refractivity contribution in [3.05, 3.63) is 45.9 Å². The van der Waals surface area contributed by atoms with Crippen molar-refractivity contribution >= 4 is 17.0 Å². The van der Waals surface area contributed by atoms with Crippen LogP contribution < -0.4 is 10.6 Å². The van der Waals surface area contributed by atoms with Crippen LogP contribution in [0.5, 0.6) is 0 Å². The number of nitrogens with zero attached hydrogens (tertiary/aromatic N) is 2. The predicted molar refractivity (Wildman–Crippen MR) is 73.3 cm³/mol. The first-order valence-corrected chi connectivity index (χ1v) is 6.53. The van der Waals surface area contributed by atoms with Crippen LogP contribution in [0.25, 0.3) is 0 Å². The minimum absolute atomic E-state index is 0.524. The fourth-order valence-corrected chi connectivity index (χ4v) is 2.49. The van der Waals surface area contributed by atoms with Crippen LogP contribution >= 0.6 is 11.3 Å². The zero-order chi connectivity index (χ0) is 12.3. The number of anilines is 1. The SMILES string of the molecule is Cc1cc(N(C)Cc2ccsc2)c(CN)cn1. The Kier molecular flexibility index (Phi) is 3.76. The van der Waals surface area contributed by atoms with Crippen molar-refractivity contribution in [2.75, 3.05) is 11.9 Å². The zero-order valence-electron chi connectivity index (χ0n) is 10.2. The molecule has 0 aliphatic heterocycles. The molecule has 90 valence electrons. The van der Waals surface area contributed by atoms with Crippen molar-refractivity contribution in [1.82, 2.24) is 4.98 Å². The predicted octanol–water partition coefficient (Wildman–Crippen LogP) is 2.55. The van der Waals surface area contributed by atoms with Gasteiger partial charge in [0.05, 0.1) is 0 Å². The van der Waals surface area contributed by atoms with Crippen LogP contribution in [0.15, 0.2) is 29.1 Å². The molecule has 0 aromatic carbocycles. The van der Waals surface area contributed by atoms with E-state index in [0.717, 1.165) is 17.8 Å². The lowest BCUT2D eigenvalue weighted by atomic mass is 10.2. The van der Waals surface area contributed by atoms with Gasteiger partial charge in [-0.3, -0.25) is 4.98 Å². The van der Waals surface area contributed by atoms with Gasteiger partial charge in [-0.2, -0.15) is 11.3 Å². The number of aromatic nitrogens is 1. The van der Waals surface area contributed by atoms with Crippen molar-refractivity contribution in [1.29, 1.82) is 0 Å². The van der Waals surface area contributed by atoms with Gasteiger partial charge in [-0.25, -0.2) is 0 Å². The van der Waals surface area contributed by atoms with E-state index in [1.807, 2.05) is 13.1 Å². The number of nitrogens with two attached hydrogens (primary N) is 1. The van der Waals surface area contributed by atoms with E-state index in [2.05, 4.69) is 39.8 Å². The summed E-state index contributed by atoms with van der Waals surface area (Å²) in [6.45, 7) is 3.43. The molecular formula is C13H17N3S. The highest BCUT2D eigenvalue weighted by molar-refractivity contribution is 7.07. The van der Waals surface area contributed by atoms with E-state index in [4.69, 9.17) is 5.73 Å². The molecule has 2 aromatic rings. The van der Waals surface area contributed by atoms with Crippen LogP contribution in [0, 0.1) is 6.92 Å². The number of aryl methyl sites for hydroxylation is 1. The first-order valence-electron chi connectivity index (χ1n) is 5.58. The molecule has 0 atom stereocenters. The average Bonchev–Trinajstić information content (AvgIpc) is 2.81. The van der Waals surface area contributed by atoms with E-state index in [1.54, 1.807) is 11.3 Å². The summed E-state index contributed by atoms with van der Waals surface area (Å²) in [5.74, 6) is 0. The van der Waals surface area contributed by atoms with Gasteiger partial charge in [0.1, 0.15) is 0 Å². The van der Waals surface area contributed by atoms with E-state index >= 15 is 0 Å². The summed E-state index contributed by atoms with van der Waals surface area (Å²) in [4.78, 5) is 6.51.